The minimum atomic E-state index is -0.329. The maximum Gasteiger partial charge on any atom is 0.253 e. The van der Waals surface area contributed by atoms with Crippen LogP contribution in [0.25, 0.3) is 0 Å². The minimum absolute atomic E-state index is 0.0724. The van der Waals surface area contributed by atoms with E-state index in [1.165, 1.54) is 0 Å². The Kier molecular flexibility index (Phi) is 3.28. The average molecular weight is 265 g/mol. The zero-order valence-electron chi connectivity index (χ0n) is 11.3. The van der Waals surface area contributed by atoms with Gasteiger partial charge in [0.25, 0.3) is 5.91 Å². The molecule has 2 aliphatic rings. The summed E-state index contributed by atoms with van der Waals surface area (Å²) in [4.78, 5) is 12.1. The maximum absolute atomic E-state index is 12.1. The van der Waals surface area contributed by atoms with E-state index in [2.05, 4.69) is 10.4 Å². The molecule has 1 amide bonds. The molecular weight excluding hydrogens is 246 g/mol. The van der Waals surface area contributed by atoms with Crippen LogP contribution < -0.4 is 5.32 Å². The molecule has 1 aromatic rings. The van der Waals surface area contributed by atoms with E-state index < -0.39 is 0 Å². The molecule has 0 saturated carbocycles. The number of carbonyl (C=O) groups excluding carboxylic acids is 1. The second-order valence-electron chi connectivity index (χ2n) is 5.28. The van der Waals surface area contributed by atoms with Gasteiger partial charge in [0.1, 0.15) is 6.10 Å². The van der Waals surface area contributed by atoms with Crippen molar-refractivity contribution in [3.05, 3.63) is 11.9 Å². The van der Waals surface area contributed by atoms with Gasteiger partial charge < -0.3 is 14.8 Å². The zero-order chi connectivity index (χ0) is 13.4. The zero-order valence-corrected chi connectivity index (χ0v) is 11.3. The topological polar surface area (TPSA) is 65.4 Å². The van der Waals surface area contributed by atoms with Gasteiger partial charge in [0.15, 0.2) is 0 Å². The molecule has 1 N–H and O–H groups in total. The number of nitrogens with one attached hydrogen (secondary N) is 1. The first-order chi connectivity index (χ1) is 9.15. The average Bonchev–Trinajstić information content (AvgIpc) is 2.88. The summed E-state index contributed by atoms with van der Waals surface area (Å²) in [5.74, 6) is -0.0724. The van der Waals surface area contributed by atoms with Gasteiger partial charge in [0.2, 0.25) is 0 Å². The molecule has 1 aromatic heterocycles. The number of hydrogen-bond donors (Lipinski definition) is 1. The SMILES string of the molecule is Cc1c(NC(=O)C2CCC(C)O2)cnn1C1COC1. The highest BCUT2D eigenvalue weighted by atomic mass is 16.5. The number of carbonyl (C=O) groups is 1. The summed E-state index contributed by atoms with van der Waals surface area (Å²) in [5, 5.41) is 7.22. The summed E-state index contributed by atoms with van der Waals surface area (Å²) in [7, 11) is 0. The fourth-order valence-corrected chi connectivity index (χ4v) is 2.49. The normalized spacial score (nSPS) is 27.3. The first-order valence-corrected chi connectivity index (χ1v) is 6.73. The highest BCUT2D eigenvalue weighted by Gasteiger charge is 2.29. The Morgan fingerprint density at radius 2 is 2.26 bits per heavy atom. The van der Waals surface area contributed by atoms with E-state index in [1.54, 1.807) is 6.20 Å². The Balaban J connectivity index is 1.66. The summed E-state index contributed by atoms with van der Waals surface area (Å²) < 4.78 is 12.6. The molecule has 2 atom stereocenters. The van der Waals surface area contributed by atoms with Gasteiger partial charge in [-0.3, -0.25) is 9.48 Å². The van der Waals surface area contributed by atoms with Gasteiger partial charge in [-0.2, -0.15) is 5.10 Å². The maximum atomic E-state index is 12.1. The van der Waals surface area contributed by atoms with Crippen LogP contribution in [0, 0.1) is 6.92 Å². The van der Waals surface area contributed by atoms with Gasteiger partial charge in [-0.05, 0) is 26.7 Å². The van der Waals surface area contributed by atoms with E-state index in [1.807, 2.05) is 18.5 Å². The third kappa shape index (κ3) is 2.37. The largest absolute Gasteiger partial charge is 0.377 e. The molecule has 19 heavy (non-hydrogen) atoms. The molecule has 2 unspecified atom stereocenters. The van der Waals surface area contributed by atoms with E-state index >= 15 is 0 Å². The lowest BCUT2D eigenvalue weighted by atomic mass is 10.2. The molecule has 0 spiro atoms. The van der Waals surface area contributed by atoms with Crippen molar-refractivity contribution < 1.29 is 14.3 Å². The van der Waals surface area contributed by atoms with Crippen LogP contribution in [-0.4, -0.2) is 41.1 Å². The quantitative estimate of drug-likeness (QED) is 0.893. The molecule has 2 fully saturated rings. The van der Waals surface area contributed by atoms with Crippen LogP contribution in [0.5, 0.6) is 0 Å². The molecule has 3 heterocycles. The van der Waals surface area contributed by atoms with E-state index in [0.29, 0.717) is 19.3 Å². The van der Waals surface area contributed by atoms with Gasteiger partial charge in [0.05, 0.1) is 42.9 Å². The van der Waals surface area contributed by atoms with Gasteiger partial charge >= 0.3 is 0 Å². The predicted molar refractivity (Wildman–Crippen MR) is 69.0 cm³/mol. The molecule has 104 valence electrons. The molecule has 0 aliphatic carbocycles. The fraction of sp³-hybridized carbons (Fsp3) is 0.692. The van der Waals surface area contributed by atoms with Crippen molar-refractivity contribution in [1.82, 2.24) is 9.78 Å². The van der Waals surface area contributed by atoms with Gasteiger partial charge in [-0.1, -0.05) is 0 Å². The van der Waals surface area contributed by atoms with Crippen LogP contribution in [0.2, 0.25) is 0 Å². The number of amides is 1. The van der Waals surface area contributed by atoms with Gasteiger partial charge in [0, 0.05) is 0 Å². The number of hydrogen-bond acceptors (Lipinski definition) is 4. The molecule has 0 bridgehead atoms. The number of rotatable bonds is 3. The van der Waals surface area contributed by atoms with Crippen LogP contribution in [0.4, 0.5) is 5.69 Å². The summed E-state index contributed by atoms with van der Waals surface area (Å²) in [6, 6.07) is 0.299. The van der Waals surface area contributed by atoms with Crippen LogP contribution in [0.1, 0.15) is 31.5 Å². The Labute approximate surface area is 112 Å². The summed E-state index contributed by atoms with van der Waals surface area (Å²) in [5.41, 5.74) is 1.73. The Morgan fingerprint density at radius 1 is 1.47 bits per heavy atom. The lowest BCUT2D eigenvalue weighted by Gasteiger charge is -2.27. The molecule has 0 aromatic carbocycles. The predicted octanol–water partition coefficient (Wildman–Crippen LogP) is 1.27. The third-order valence-corrected chi connectivity index (χ3v) is 3.79. The van der Waals surface area contributed by atoms with E-state index in [0.717, 1.165) is 24.2 Å². The lowest BCUT2D eigenvalue weighted by Crippen LogP contribution is -2.32. The third-order valence-electron chi connectivity index (χ3n) is 3.79. The summed E-state index contributed by atoms with van der Waals surface area (Å²) in [6.07, 6.45) is 3.27. The second kappa shape index (κ2) is 4.94. The fourth-order valence-electron chi connectivity index (χ4n) is 2.49. The van der Waals surface area contributed by atoms with E-state index in [9.17, 15) is 4.79 Å². The van der Waals surface area contributed by atoms with Crippen molar-refractivity contribution >= 4 is 11.6 Å². The molecule has 2 aliphatic heterocycles. The van der Waals surface area contributed by atoms with Crippen LogP contribution in [0.3, 0.4) is 0 Å². The Hall–Kier alpha value is -1.40. The van der Waals surface area contributed by atoms with Crippen molar-refractivity contribution in [3.63, 3.8) is 0 Å². The second-order valence-corrected chi connectivity index (χ2v) is 5.28. The lowest BCUT2D eigenvalue weighted by molar-refractivity contribution is -0.126. The molecular formula is C13H19N3O3. The van der Waals surface area contributed by atoms with Crippen LogP contribution in [-0.2, 0) is 14.3 Å². The number of anilines is 1. The standard InChI is InChI=1S/C13H19N3O3/c1-8-3-4-12(19-8)13(17)15-11-5-14-16(9(11)2)10-6-18-7-10/h5,8,10,12H,3-4,6-7H2,1-2H3,(H,15,17). The van der Waals surface area contributed by atoms with Crippen molar-refractivity contribution in [1.29, 1.82) is 0 Å². The molecule has 6 nitrogen and oxygen atoms in total. The van der Waals surface area contributed by atoms with Gasteiger partial charge in [-0.15, -0.1) is 0 Å². The van der Waals surface area contributed by atoms with E-state index in [-0.39, 0.29) is 18.1 Å². The van der Waals surface area contributed by atoms with Crippen LogP contribution in [0.15, 0.2) is 6.20 Å². The first-order valence-electron chi connectivity index (χ1n) is 6.73. The minimum Gasteiger partial charge on any atom is -0.377 e. The molecule has 2 saturated heterocycles. The van der Waals surface area contributed by atoms with Crippen molar-refractivity contribution in [2.45, 2.75) is 44.9 Å². The van der Waals surface area contributed by atoms with Crippen LogP contribution >= 0.6 is 0 Å². The Bertz CT molecular complexity index is 481. The monoisotopic (exact) mass is 265 g/mol. The number of nitrogens with zero attached hydrogens (tertiary/aromatic N) is 2. The smallest absolute Gasteiger partial charge is 0.253 e. The van der Waals surface area contributed by atoms with Crippen molar-refractivity contribution in [2.75, 3.05) is 18.5 Å². The van der Waals surface area contributed by atoms with E-state index in [4.69, 9.17) is 9.47 Å². The van der Waals surface area contributed by atoms with Crippen molar-refractivity contribution in [2.24, 2.45) is 0 Å². The highest BCUT2D eigenvalue weighted by Crippen LogP contribution is 2.24. The molecule has 3 rings (SSSR count). The summed E-state index contributed by atoms with van der Waals surface area (Å²) in [6.45, 7) is 5.34. The van der Waals surface area contributed by atoms with Crippen molar-refractivity contribution in [3.8, 4) is 0 Å². The highest BCUT2D eigenvalue weighted by molar-refractivity contribution is 5.94. The molecule has 0 radical (unpaired) electrons. The summed E-state index contributed by atoms with van der Waals surface area (Å²) >= 11 is 0. The first kappa shape index (κ1) is 12.6. The molecule has 6 heteroatoms. The van der Waals surface area contributed by atoms with Gasteiger partial charge in [-0.25, -0.2) is 0 Å². The Morgan fingerprint density at radius 3 is 2.84 bits per heavy atom. The number of ether oxygens (including phenoxy) is 2. The number of aromatic nitrogens is 2.